The Bertz CT molecular complexity index is 611. The van der Waals surface area contributed by atoms with Gasteiger partial charge in [0.15, 0.2) is 0 Å². The number of anilines is 1. The molecule has 1 saturated heterocycles. The topological polar surface area (TPSA) is 50.8 Å². The van der Waals surface area contributed by atoms with Crippen LogP contribution in [0.15, 0.2) is 24.3 Å². The summed E-state index contributed by atoms with van der Waals surface area (Å²) < 4.78 is 11.9. The molecule has 1 fully saturated rings. The zero-order valence-electron chi connectivity index (χ0n) is 19.5. The predicted molar refractivity (Wildman–Crippen MR) is 124 cm³/mol. The van der Waals surface area contributed by atoms with Gasteiger partial charge in [0.25, 0.3) is 5.91 Å². The number of nitrogens with zero attached hydrogens (tertiary/aromatic N) is 1. The van der Waals surface area contributed by atoms with Crippen LogP contribution in [0.2, 0.25) is 0 Å². The van der Waals surface area contributed by atoms with Crippen molar-refractivity contribution in [1.29, 1.82) is 0 Å². The Hall–Kier alpha value is -1.59. The van der Waals surface area contributed by atoms with Gasteiger partial charge >= 0.3 is 0 Å². The van der Waals surface area contributed by atoms with Crippen LogP contribution >= 0.6 is 0 Å². The summed E-state index contributed by atoms with van der Waals surface area (Å²) in [6.45, 7) is 13.1. The Balaban J connectivity index is 1.81. The highest BCUT2D eigenvalue weighted by atomic mass is 16.5. The van der Waals surface area contributed by atoms with Gasteiger partial charge in [0.2, 0.25) is 0 Å². The van der Waals surface area contributed by atoms with Crippen LogP contribution in [-0.2, 0) is 9.53 Å². The van der Waals surface area contributed by atoms with Crippen molar-refractivity contribution in [3.8, 4) is 5.75 Å². The van der Waals surface area contributed by atoms with Crippen LogP contribution in [0.25, 0.3) is 0 Å². The molecule has 1 aliphatic heterocycles. The van der Waals surface area contributed by atoms with Gasteiger partial charge < -0.3 is 14.8 Å². The lowest BCUT2D eigenvalue weighted by molar-refractivity contribution is -0.140. The normalized spacial score (nSPS) is 17.5. The molecular formula is C25H42N2O3. The number of benzene rings is 1. The SMILES string of the molecule is CCCCCC(C)(OCCC)C(=O)Nc1ccc(OCCN2CCC(C)CC2)cc1. The van der Waals surface area contributed by atoms with Crippen molar-refractivity contribution in [2.75, 3.05) is 38.2 Å². The van der Waals surface area contributed by atoms with E-state index in [0.717, 1.165) is 56.0 Å². The Morgan fingerprint density at radius 1 is 1.10 bits per heavy atom. The van der Waals surface area contributed by atoms with E-state index in [4.69, 9.17) is 9.47 Å². The molecule has 2 rings (SSSR count). The van der Waals surface area contributed by atoms with Gasteiger partial charge in [-0.25, -0.2) is 0 Å². The Kier molecular flexibility index (Phi) is 10.7. The molecule has 170 valence electrons. The average Bonchev–Trinajstić information content (AvgIpc) is 2.75. The van der Waals surface area contributed by atoms with Gasteiger partial charge in [-0.2, -0.15) is 0 Å². The lowest BCUT2D eigenvalue weighted by atomic mass is 9.96. The number of piperidine rings is 1. The summed E-state index contributed by atoms with van der Waals surface area (Å²) >= 11 is 0. The van der Waals surface area contributed by atoms with Crippen LogP contribution < -0.4 is 10.1 Å². The van der Waals surface area contributed by atoms with Crippen molar-refractivity contribution in [3.05, 3.63) is 24.3 Å². The first-order chi connectivity index (χ1) is 14.5. The lowest BCUT2D eigenvalue weighted by Crippen LogP contribution is -2.43. The minimum atomic E-state index is -0.785. The van der Waals surface area contributed by atoms with Crippen molar-refractivity contribution in [2.45, 2.75) is 78.2 Å². The van der Waals surface area contributed by atoms with Crippen molar-refractivity contribution < 1.29 is 14.3 Å². The van der Waals surface area contributed by atoms with Crippen LogP contribution in [0.3, 0.4) is 0 Å². The van der Waals surface area contributed by atoms with E-state index in [1.54, 1.807) is 0 Å². The Morgan fingerprint density at radius 3 is 2.43 bits per heavy atom. The van der Waals surface area contributed by atoms with Crippen molar-refractivity contribution in [3.63, 3.8) is 0 Å². The van der Waals surface area contributed by atoms with E-state index in [1.807, 2.05) is 31.2 Å². The molecule has 1 heterocycles. The van der Waals surface area contributed by atoms with E-state index in [0.29, 0.717) is 13.2 Å². The van der Waals surface area contributed by atoms with E-state index in [2.05, 4.69) is 31.0 Å². The second-order valence-electron chi connectivity index (χ2n) is 8.89. The molecule has 1 aromatic rings. The fourth-order valence-corrected chi connectivity index (χ4v) is 3.77. The van der Waals surface area contributed by atoms with Gasteiger partial charge in [-0.15, -0.1) is 0 Å². The summed E-state index contributed by atoms with van der Waals surface area (Å²) in [5.74, 6) is 1.62. The molecule has 0 aromatic heterocycles. The molecule has 1 atom stereocenters. The van der Waals surface area contributed by atoms with Gasteiger partial charge in [0.05, 0.1) is 0 Å². The number of hydrogen-bond acceptors (Lipinski definition) is 4. The molecule has 1 aromatic carbocycles. The molecule has 1 N–H and O–H groups in total. The van der Waals surface area contributed by atoms with Gasteiger partial charge in [0.1, 0.15) is 18.0 Å². The minimum Gasteiger partial charge on any atom is -0.492 e. The maximum Gasteiger partial charge on any atom is 0.256 e. The zero-order chi connectivity index (χ0) is 21.8. The molecule has 1 aliphatic rings. The van der Waals surface area contributed by atoms with Crippen molar-refractivity contribution in [1.82, 2.24) is 4.90 Å². The molecule has 0 spiro atoms. The van der Waals surface area contributed by atoms with Gasteiger partial charge in [0, 0.05) is 18.8 Å². The number of carbonyl (C=O) groups excluding carboxylic acids is 1. The molecule has 30 heavy (non-hydrogen) atoms. The molecule has 5 nitrogen and oxygen atoms in total. The molecule has 0 aliphatic carbocycles. The molecule has 0 radical (unpaired) electrons. The molecule has 1 unspecified atom stereocenters. The molecule has 5 heteroatoms. The van der Waals surface area contributed by atoms with Gasteiger partial charge in [-0.05, 0) is 75.9 Å². The highest BCUT2D eigenvalue weighted by Gasteiger charge is 2.33. The summed E-state index contributed by atoms with van der Waals surface area (Å²) in [5, 5.41) is 3.03. The number of ether oxygens (including phenoxy) is 2. The van der Waals surface area contributed by atoms with Gasteiger partial charge in [-0.1, -0.05) is 40.0 Å². The van der Waals surface area contributed by atoms with E-state index < -0.39 is 5.60 Å². The van der Waals surface area contributed by atoms with E-state index in [-0.39, 0.29) is 5.91 Å². The summed E-state index contributed by atoms with van der Waals surface area (Å²) in [5.41, 5.74) is -0.00840. The van der Waals surface area contributed by atoms with Crippen LogP contribution in [0.1, 0.15) is 72.6 Å². The minimum absolute atomic E-state index is 0.0694. The molecule has 0 saturated carbocycles. The van der Waals surface area contributed by atoms with E-state index in [9.17, 15) is 4.79 Å². The Morgan fingerprint density at radius 2 is 1.80 bits per heavy atom. The summed E-state index contributed by atoms with van der Waals surface area (Å²) in [4.78, 5) is 15.4. The molecule has 0 bridgehead atoms. The van der Waals surface area contributed by atoms with Crippen molar-refractivity contribution >= 4 is 11.6 Å². The third-order valence-electron chi connectivity index (χ3n) is 6.03. The monoisotopic (exact) mass is 418 g/mol. The third-order valence-corrected chi connectivity index (χ3v) is 6.03. The molecule has 1 amide bonds. The highest BCUT2D eigenvalue weighted by Crippen LogP contribution is 2.24. The predicted octanol–water partition coefficient (Wildman–Crippen LogP) is 5.50. The second-order valence-corrected chi connectivity index (χ2v) is 8.89. The Labute approximate surface area is 183 Å². The molecular weight excluding hydrogens is 376 g/mol. The average molecular weight is 419 g/mol. The van der Waals surface area contributed by atoms with Gasteiger partial charge in [-0.3, -0.25) is 9.69 Å². The number of likely N-dealkylation sites (tertiary alicyclic amines) is 1. The lowest BCUT2D eigenvalue weighted by Gasteiger charge is -2.30. The summed E-state index contributed by atoms with van der Waals surface area (Å²) in [7, 11) is 0. The fraction of sp³-hybridized carbons (Fsp3) is 0.720. The first kappa shape index (κ1) is 24.7. The first-order valence-corrected chi connectivity index (χ1v) is 11.9. The largest absolute Gasteiger partial charge is 0.492 e. The first-order valence-electron chi connectivity index (χ1n) is 11.9. The third kappa shape index (κ3) is 8.27. The number of hydrogen-bond donors (Lipinski definition) is 1. The summed E-state index contributed by atoms with van der Waals surface area (Å²) in [6.07, 6.45) is 7.45. The number of nitrogens with one attached hydrogen (secondary N) is 1. The summed E-state index contributed by atoms with van der Waals surface area (Å²) in [6, 6.07) is 7.66. The number of carbonyl (C=O) groups is 1. The number of rotatable bonds is 13. The van der Waals surface area contributed by atoms with Crippen LogP contribution in [0, 0.1) is 5.92 Å². The zero-order valence-corrected chi connectivity index (χ0v) is 19.5. The number of amides is 1. The van der Waals surface area contributed by atoms with Crippen molar-refractivity contribution in [2.24, 2.45) is 5.92 Å². The maximum atomic E-state index is 12.9. The van der Waals surface area contributed by atoms with E-state index in [1.165, 1.54) is 25.9 Å². The second kappa shape index (κ2) is 13.0. The highest BCUT2D eigenvalue weighted by molar-refractivity contribution is 5.97. The number of unbranched alkanes of at least 4 members (excludes halogenated alkanes) is 2. The maximum absolute atomic E-state index is 12.9. The van der Waals surface area contributed by atoms with Crippen LogP contribution in [0.4, 0.5) is 5.69 Å². The smallest absolute Gasteiger partial charge is 0.256 e. The standard InChI is InChI=1S/C25H42N2O3/c1-5-7-8-15-25(4,30-19-6-2)24(28)26-22-9-11-23(12-10-22)29-20-18-27-16-13-21(3)14-17-27/h9-12,21H,5-8,13-20H2,1-4H3,(H,26,28). The quantitative estimate of drug-likeness (QED) is 0.430. The van der Waals surface area contributed by atoms with Crippen LogP contribution in [-0.4, -0.2) is 49.3 Å². The fourth-order valence-electron chi connectivity index (χ4n) is 3.77. The van der Waals surface area contributed by atoms with Crippen LogP contribution in [0.5, 0.6) is 5.75 Å². The van der Waals surface area contributed by atoms with E-state index >= 15 is 0 Å².